The first kappa shape index (κ1) is 20.4. The van der Waals surface area contributed by atoms with Crippen molar-refractivity contribution in [1.82, 2.24) is 15.0 Å². The number of aromatic nitrogens is 3. The normalized spacial score (nSPS) is 17.5. The van der Waals surface area contributed by atoms with Crippen molar-refractivity contribution in [3.63, 3.8) is 0 Å². The zero-order chi connectivity index (χ0) is 22.1. The molecule has 0 aromatic carbocycles. The minimum absolute atomic E-state index is 0.176. The molecule has 0 spiro atoms. The maximum absolute atomic E-state index is 11.7. The summed E-state index contributed by atoms with van der Waals surface area (Å²) in [5, 5.41) is 12.3. The van der Waals surface area contributed by atoms with E-state index in [4.69, 9.17) is 10.2 Å². The Morgan fingerprint density at radius 3 is 2.50 bits per heavy atom. The van der Waals surface area contributed by atoms with Crippen LogP contribution in [-0.4, -0.2) is 48.0 Å². The van der Waals surface area contributed by atoms with E-state index in [1.165, 1.54) is 5.56 Å². The van der Waals surface area contributed by atoms with Gasteiger partial charge in [0.25, 0.3) is 0 Å². The minimum Gasteiger partial charge on any atom is -0.368 e. The van der Waals surface area contributed by atoms with Gasteiger partial charge in [0.05, 0.1) is 46.4 Å². The van der Waals surface area contributed by atoms with E-state index in [1.807, 2.05) is 23.1 Å². The fourth-order valence-electron chi connectivity index (χ4n) is 3.79. The molecule has 2 fully saturated rings. The molecule has 32 heavy (non-hydrogen) atoms. The van der Waals surface area contributed by atoms with Gasteiger partial charge in [-0.15, -0.1) is 0 Å². The van der Waals surface area contributed by atoms with Crippen LogP contribution in [0.2, 0.25) is 0 Å². The lowest BCUT2D eigenvalue weighted by atomic mass is 10.1. The largest absolute Gasteiger partial charge is 0.368 e. The van der Waals surface area contributed by atoms with Gasteiger partial charge in [0.1, 0.15) is 11.6 Å². The Hall–Kier alpha value is -3.51. The maximum atomic E-state index is 11.7. The van der Waals surface area contributed by atoms with E-state index in [-0.39, 0.29) is 11.5 Å². The number of nitrogens with zero attached hydrogens (tertiary/aromatic N) is 5. The van der Waals surface area contributed by atoms with Gasteiger partial charge in [-0.1, -0.05) is 0 Å². The second kappa shape index (κ2) is 8.20. The molecule has 1 saturated carbocycles. The number of pyridine rings is 3. The molecule has 0 radical (unpaired) electrons. The summed E-state index contributed by atoms with van der Waals surface area (Å²) < 4.78 is 23.4. The Bertz CT molecular complexity index is 1280. The molecule has 0 bridgehead atoms. The first-order valence-corrected chi connectivity index (χ1v) is 12.4. The molecular formula is C23H22N6O2S. The first-order valence-electron chi connectivity index (χ1n) is 10.6. The number of hydrogen-bond donors (Lipinski definition) is 1. The van der Waals surface area contributed by atoms with Crippen molar-refractivity contribution in [2.45, 2.75) is 18.8 Å². The number of anilines is 3. The average molecular weight is 447 g/mol. The molecule has 4 heterocycles. The molecule has 3 aromatic rings. The highest BCUT2D eigenvalue weighted by Crippen LogP contribution is 2.42. The molecule has 1 aliphatic carbocycles. The molecule has 1 aliphatic heterocycles. The first-order chi connectivity index (χ1) is 15.5. The predicted molar refractivity (Wildman–Crippen MR) is 123 cm³/mol. The molecule has 8 nitrogen and oxygen atoms in total. The third-order valence-electron chi connectivity index (χ3n) is 5.76. The second-order valence-corrected chi connectivity index (χ2v) is 10.5. The second-order valence-electron chi connectivity index (χ2n) is 8.15. The summed E-state index contributed by atoms with van der Waals surface area (Å²) in [5.41, 5.74) is 4.17. The summed E-state index contributed by atoms with van der Waals surface area (Å²) in [4.78, 5) is 15.7. The van der Waals surface area contributed by atoms with E-state index < -0.39 is 9.84 Å². The van der Waals surface area contributed by atoms with Crippen LogP contribution < -0.4 is 10.2 Å². The van der Waals surface area contributed by atoms with Crippen LogP contribution in [-0.2, 0) is 9.84 Å². The summed E-state index contributed by atoms with van der Waals surface area (Å²) in [7, 11) is -2.92. The molecule has 1 N–H and O–H groups in total. The molecule has 0 unspecified atom stereocenters. The van der Waals surface area contributed by atoms with Crippen molar-refractivity contribution in [2.75, 3.05) is 34.8 Å². The van der Waals surface area contributed by atoms with Crippen LogP contribution in [0, 0.1) is 11.3 Å². The lowest BCUT2D eigenvalue weighted by Gasteiger charge is -2.28. The van der Waals surface area contributed by atoms with Gasteiger partial charge in [-0.05, 0) is 60.7 Å². The van der Waals surface area contributed by atoms with E-state index in [0.717, 1.165) is 29.9 Å². The van der Waals surface area contributed by atoms with Crippen LogP contribution in [0.1, 0.15) is 29.9 Å². The Balaban J connectivity index is 1.41. The molecule has 1 saturated heterocycles. The summed E-state index contributed by atoms with van der Waals surface area (Å²) >= 11 is 0. The molecule has 0 atom stereocenters. The standard InChI is InChI=1S/C23H22N6O2S/c24-14-16-5-6-25-22(11-16)28-23-13-18(17-1-2-17)12-21(27-23)20-4-3-19(15-26-20)29-7-9-32(30,31)10-8-29/h3-6,11-13,15,17H,1-2,7-10H2,(H,25,27,28). The Labute approximate surface area is 186 Å². The summed E-state index contributed by atoms with van der Waals surface area (Å²) in [6.45, 7) is 0.975. The van der Waals surface area contributed by atoms with E-state index >= 15 is 0 Å². The van der Waals surface area contributed by atoms with Gasteiger partial charge in [-0.25, -0.2) is 18.4 Å². The highest BCUT2D eigenvalue weighted by molar-refractivity contribution is 7.91. The lowest BCUT2D eigenvalue weighted by molar-refractivity contribution is 0.586. The Morgan fingerprint density at radius 2 is 1.81 bits per heavy atom. The van der Waals surface area contributed by atoms with Crippen molar-refractivity contribution in [1.29, 1.82) is 5.26 Å². The molecule has 9 heteroatoms. The molecule has 2 aliphatic rings. The predicted octanol–water partition coefficient (Wildman–Crippen LogP) is 3.27. The SMILES string of the molecule is N#Cc1ccnc(Nc2cc(C3CC3)cc(-c3ccc(N4CCS(=O)(=O)CC4)cn3)n2)c1. The summed E-state index contributed by atoms with van der Waals surface area (Å²) in [6.07, 6.45) is 5.70. The lowest BCUT2D eigenvalue weighted by Crippen LogP contribution is -2.40. The van der Waals surface area contributed by atoms with E-state index in [9.17, 15) is 8.42 Å². The van der Waals surface area contributed by atoms with Crippen molar-refractivity contribution in [3.8, 4) is 17.5 Å². The summed E-state index contributed by atoms with van der Waals surface area (Å²) in [6, 6.07) is 13.5. The minimum atomic E-state index is -2.92. The topological polar surface area (TPSA) is 112 Å². The quantitative estimate of drug-likeness (QED) is 0.636. The fourth-order valence-corrected chi connectivity index (χ4v) is 5.00. The number of nitriles is 1. The third-order valence-corrected chi connectivity index (χ3v) is 7.37. The van der Waals surface area contributed by atoms with Gasteiger partial charge < -0.3 is 10.2 Å². The van der Waals surface area contributed by atoms with Crippen LogP contribution in [0.25, 0.3) is 11.4 Å². The number of hydrogen-bond acceptors (Lipinski definition) is 8. The van der Waals surface area contributed by atoms with Crippen LogP contribution in [0.5, 0.6) is 0 Å². The number of rotatable bonds is 5. The zero-order valence-corrected chi connectivity index (χ0v) is 18.2. The highest BCUT2D eigenvalue weighted by atomic mass is 32.2. The Morgan fingerprint density at radius 1 is 1.00 bits per heavy atom. The van der Waals surface area contributed by atoms with Crippen molar-refractivity contribution in [3.05, 3.63) is 59.9 Å². The molecule has 5 rings (SSSR count). The van der Waals surface area contributed by atoms with Crippen molar-refractivity contribution >= 4 is 27.2 Å². The highest BCUT2D eigenvalue weighted by Gasteiger charge is 2.25. The average Bonchev–Trinajstić information content (AvgIpc) is 3.65. The van der Waals surface area contributed by atoms with Crippen LogP contribution in [0.3, 0.4) is 0 Å². The Kier molecular flexibility index (Phi) is 5.23. The fraction of sp³-hybridized carbons (Fsp3) is 0.304. The van der Waals surface area contributed by atoms with Crippen LogP contribution in [0.15, 0.2) is 48.8 Å². The van der Waals surface area contributed by atoms with Gasteiger partial charge in [0, 0.05) is 19.3 Å². The number of sulfone groups is 1. The van der Waals surface area contributed by atoms with Crippen molar-refractivity contribution in [2.24, 2.45) is 0 Å². The van der Waals surface area contributed by atoms with Crippen LogP contribution >= 0.6 is 0 Å². The van der Waals surface area contributed by atoms with Gasteiger partial charge in [-0.2, -0.15) is 5.26 Å². The van der Waals surface area contributed by atoms with Crippen molar-refractivity contribution < 1.29 is 8.42 Å². The molecular weight excluding hydrogens is 424 g/mol. The van der Waals surface area contributed by atoms with E-state index in [2.05, 4.69) is 27.4 Å². The van der Waals surface area contributed by atoms with E-state index in [0.29, 0.717) is 36.2 Å². The van der Waals surface area contributed by atoms with E-state index in [1.54, 1.807) is 24.5 Å². The van der Waals surface area contributed by atoms with Gasteiger partial charge in [0.2, 0.25) is 0 Å². The monoisotopic (exact) mass is 446 g/mol. The number of nitrogens with one attached hydrogen (secondary N) is 1. The molecule has 0 amide bonds. The van der Waals surface area contributed by atoms with Gasteiger partial charge in [-0.3, -0.25) is 4.98 Å². The smallest absolute Gasteiger partial charge is 0.153 e. The molecule has 162 valence electrons. The van der Waals surface area contributed by atoms with Gasteiger partial charge >= 0.3 is 0 Å². The zero-order valence-electron chi connectivity index (χ0n) is 17.4. The van der Waals surface area contributed by atoms with Crippen LogP contribution in [0.4, 0.5) is 17.3 Å². The summed E-state index contributed by atoms with van der Waals surface area (Å²) in [5.74, 6) is 2.12. The maximum Gasteiger partial charge on any atom is 0.153 e. The third kappa shape index (κ3) is 4.55. The van der Waals surface area contributed by atoms with Gasteiger partial charge in [0.15, 0.2) is 9.84 Å². The molecule has 3 aromatic heterocycles.